The summed E-state index contributed by atoms with van der Waals surface area (Å²) >= 11 is 0. The predicted octanol–water partition coefficient (Wildman–Crippen LogP) is 2.71. The van der Waals surface area contributed by atoms with E-state index in [-0.39, 0.29) is 10.9 Å². The summed E-state index contributed by atoms with van der Waals surface area (Å²) in [4.78, 5) is 0.321. The molecule has 2 aromatic rings. The van der Waals surface area contributed by atoms with Gasteiger partial charge in [-0.05, 0) is 87.1 Å². The third-order valence-electron chi connectivity index (χ3n) is 5.35. The second-order valence-electron chi connectivity index (χ2n) is 7.28. The van der Waals surface area contributed by atoms with Crippen LogP contribution in [-0.2, 0) is 26.5 Å². The smallest absolute Gasteiger partial charge is 0.263 e. The van der Waals surface area contributed by atoms with E-state index in [4.69, 9.17) is 5.14 Å². The number of rotatable bonds is 3. The van der Waals surface area contributed by atoms with Crippen molar-refractivity contribution in [2.45, 2.75) is 56.9 Å². The SMILES string of the molecule is Cc1cc(C)c(C)c(S(=O)(=O)N2c3ccc(S(N)(=O)=O)cc3CC2C)c1C. The maximum atomic E-state index is 13.6. The lowest BCUT2D eigenvalue weighted by atomic mass is 10.0. The molecule has 0 aliphatic carbocycles. The summed E-state index contributed by atoms with van der Waals surface area (Å²) in [5.74, 6) is 0. The van der Waals surface area contributed by atoms with Crippen molar-refractivity contribution in [2.24, 2.45) is 5.14 Å². The first kappa shape index (κ1) is 19.9. The molecule has 1 aliphatic heterocycles. The van der Waals surface area contributed by atoms with Crippen LogP contribution in [-0.4, -0.2) is 22.9 Å². The van der Waals surface area contributed by atoms with E-state index >= 15 is 0 Å². The topological polar surface area (TPSA) is 97.5 Å². The van der Waals surface area contributed by atoms with E-state index in [2.05, 4.69) is 0 Å². The summed E-state index contributed by atoms with van der Waals surface area (Å²) in [6.45, 7) is 9.27. The molecule has 8 heteroatoms. The van der Waals surface area contributed by atoms with Gasteiger partial charge in [-0.3, -0.25) is 4.31 Å². The number of primary sulfonamides is 1. The van der Waals surface area contributed by atoms with Crippen LogP contribution >= 0.6 is 0 Å². The fraction of sp³-hybridized carbons (Fsp3) is 0.368. The average molecular weight is 409 g/mol. The Hall–Kier alpha value is -1.90. The quantitative estimate of drug-likeness (QED) is 0.844. The fourth-order valence-electron chi connectivity index (χ4n) is 3.79. The first-order chi connectivity index (χ1) is 12.4. The molecule has 0 bridgehead atoms. The van der Waals surface area contributed by atoms with Crippen molar-refractivity contribution in [1.82, 2.24) is 0 Å². The average Bonchev–Trinajstić information content (AvgIpc) is 2.87. The molecule has 2 N–H and O–H groups in total. The van der Waals surface area contributed by atoms with E-state index in [1.54, 1.807) is 0 Å². The van der Waals surface area contributed by atoms with Gasteiger partial charge in [0.05, 0.1) is 15.5 Å². The molecule has 1 atom stereocenters. The number of aryl methyl sites for hydroxylation is 2. The summed E-state index contributed by atoms with van der Waals surface area (Å²) in [5.41, 5.74) is 4.49. The molecule has 3 rings (SSSR count). The molecular formula is C19H24N2O4S2. The lowest BCUT2D eigenvalue weighted by Crippen LogP contribution is -2.36. The zero-order valence-electron chi connectivity index (χ0n) is 16.1. The first-order valence-electron chi connectivity index (χ1n) is 8.63. The van der Waals surface area contributed by atoms with Gasteiger partial charge in [-0.1, -0.05) is 6.07 Å². The molecule has 1 heterocycles. The highest BCUT2D eigenvalue weighted by Crippen LogP contribution is 2.40. The zero-order valence-corrected chi connectivity index (χ0v) is 17.7. The Labute approximate surface area is 161 Å². The monoisotopic (exact) mass is 408 g/mol. The summed E-state index contributed by atoms with van der Waals surface area (Å²) in [5, 5.41) is 5.21. The fourth-order valence-corrected chi connectivity index (χ4v) is 6.63. The maximum absolute atomic E-state index is 13.6. The minimum absolute atomic E-state index is 0.00791. The van der Waals surface area contributed by atoms with Crippen LogP contribution in [0.5, 0.6) is 0 Å². The van der Waals surface area contributed by atoms with Crippen molar-refractivity contribution in [1.29, 1.82) is 0 Å². The lowest BCUT2D eigenvalue weighted by molar-refractivity contribution is 0.582. The Morgan fingerprint density at radius 2 is 1.52 bits per heavy atom. The highest BCUT2D eigenvalue weighted by atomic mass is 32.2. The van der Waals surface area contributed by atoms with Crippen molar-refractivity contribution >= 4 is 25.7 Å². The number of hydrogen-bond acceptors (Lipinski definition) is 4. The van der Waals surface area contributed by atoms with Crippen molar-refractivity contribution in [3.63, 3.8) is 0 Å². The van der Waals surface area contributed by atoms with E-state index in [1.807, 2.05) is 40.7 Å². The Kier molecular flexibility index (Phi) is 4.65. The van der Waals surface area contributed by atoms with E-state index in [0.717, 1.165) is 22.3 Å². The van der Waals surface area contributed by atoms with E-state index < -0.39 is 20.0 Å². The lowest BCUT2D eigenvalue weighted by Gasteiger charge is -2.27. The molecule has 0 spiro atoms. The predicted molar refractivity (Wildman–Crippen MR) is 106 cm³/mol. The standard InChI is InChI=1S/C19H24N2O4S2/c1-11-8-12(2)15(5)19(14(11)4)27(24,25)21-13(3)9-16-10-17(26(20,22)23)6-7-18(16)21/h6-8,10,13H,9H2,1-5H3,(H2,20,22,23). The van der Waals surface area contributed by atoms with Gasteiger partial charge in [0.25, 0.3) is 10.0 Å². The Morgan fingerprint density at radius 1 is 0.963 bits per heavy atom. The molecule has 6 nitrogen and oxygen atoms in total. The minimum atomic E-state index is -3.84. The number of benzene rings is 2. The second kappa shape index (κ2) is 6.32. The number of fused-ring (bicyclic) bond motifs is 1. The largest absolute Gasteiger partial charge is 0.265 e. The molecule has 0 aromatic heterocycles. The van der Waals surface area contributed by atoms with Gasteiger partial charge in [-0.2, -0.15) is 0 Å². The molecule has 0 amide bonds. The minimum Gasteiger partial charge on any atom is -0.263 e. The van der Waals surface area contributed by atoms with Gasteiger partial charge < -0.3 is 0 Å². The maximum Gasteiger partial charge on any atom is 0.265 e. The number of sulfonamides is 2. The van der Waals surface area contributed by atoms with Gasteiger partial charge in [0.1, 0.15) is 0 Å². The second-order valence-corrected chi connectivity index (χ2v) is 10.6. The van der Waals surface area contributed by atoms with Crippen molar-refractivity contribution in [3.8, 4) is 0 Å². The number of nitrogens with zero attached hydrogens (tertiary/aromatic N) is 1. The third kappa shape index (κ3) is 3.15. The van der Waals surface area contributed by atoms with Gasteiger partial charge in [0, 0.05) is 6.04 Å². The van der Waals surface area contributed by atoms with Gasteiger partial charge in [0.2, 0.25) is 10.0 Å². The highest BCUT2D eigenvalue weighted by molar-refractivity contribution is 7.93. The van der Waals surface area contributed by atoms with Crippen LogP contribution < -0.4 is 9.44 Å². The van der Waals surface area contributed by atoms with Crippen LogP contribution in [0.4, 0.5) is 5.69 Å². The van der Waals surface area contributed by atoms with Crippen molar-refractivity contribution in [2.75, 3.05) is 4.31 Å². The van der Waals surface area contributed by atoms with Crippen molar-refractivity contribution in [3.05, 3.63) is 52.1 Å². The first-order valence-corrected chi connectivity index (χ1v) is 11.6. The number of hydrogen-bond donors (Lipinski definition) is 1. The molecule has 146 valence electrons. The Bertz CT molecular complexity index is 1130. The molecule has 0 saturated carbocycles. The van der Waals surface area contributed by atoms with Crippen molar-refractivity contribution < 1.29 is 16.8 Å². The molecule has 0 radical (unpaired) electrons. The molecule has 2 aromatic carbocycles. The van der Waals surface area contributed by atoms with Crippen LogP contribution in [0.25, 0.3) is 0 Å². The molecule has 27 heavy (non-hydrogen) atoms. The summed E-state index contributed by atoms with van der Waals surface area (Å²) < 4.78 is 51.9. The van der Waals surface area contributed by atoms with Gasteiger partial charge in [0.15, 0.2) is 0 Å². The Morgan fingerprint density at radius 3 is 2.04 bits per heavy atom. The third-order valence-corrected chi connectivity index (χ3v) is 8.46. The number of anilines is 1. The normalized spacial score (nSPS) is 17.3. The van der Waals surface area contributed by atoms with E-state index in [1.165, 1.54) is 22.5 Å². The Balaban J connectivity index is 2.22. The van der Waals surface area contributed by atoms with E-state index in [0.29, 0.717) is 22.6 Å². The molecule has 0 fully saturated rings. The zero-order chi connectivity index (χ0) is 20.3. The van der Waals surface area contributed by atoms with Gasteiger partial charge >= 0.3 is 0 Å². The van der Waals surface area contributed by atoms with Crippen LogP contribution in [0.1, 0.15) is 34.7 Å². The van der Waals surface area contributed by atoms with Crippen LogP contribution in [0.15, 0.2) is 34.1 Å². The van der Waals surface area contributed by atoms with Crippen LogP contribution in [0.3, 0.4) is 0 Å². The van der Waals surface area contributed by atoms with Gasteiger partial charge in [-0.15, -0.1) is 0 Å². The summed E-state index contributed by atoms with van der Waals surface area (Å²) in [7, 11) is -7.64. The molecule has 1 aliphatic rings. The van der Waals surface area contributed by atoms with Crippen LogP contribution in [0, 0.1) is 27.7 Å². The van der Waals surface area contributed by atoms with Crippen LogP contribution in [0.2, 0.25) is 0 Å². The summed E-state index contributed by atoms with van der Waals surface area (Å²) in [6.07, 6.45) is 0.431. The molecular weight excluding hydrogens is 384 g/mol. The molecule has 0 saturated heterocycles. The number of nitrogens with two attached hydrogens (primary N) is 1. The van der Waals surface area contributed by atoms with E-state index in [9.17, 15) is 16.8 Å². The molecule has 1 unspecified atom stereocenters. The van der Waals surface area contributed by atoms with Gasteiger partial charge in [-0.25, -0.2) is 22.0 Å². The highest BCUT2D eigenvalue weighted by Gasteiger charge is 2.38. The summed E-state index contributed by atoms with van der Waals surface area (Å²) in [6, 6.07) is 6.03.